The van der Waals surface area contributed by atoms with E-state index in [2.05, 4.69) is 20.8 Å². The van der Waals surface area contributed by atoms with Crippen LogP contribution in [-0.2, 0) is 4.74 Å². The Kier molecular flexibility index (Phi) is 7.29. The van der Waals surface area contributed by atoms with Gasteiger partial charge in [-0.1, -0.05) is 20.8 Å². The highest BCUT2D eigenvalue weighted by molar-refractivity contribution is 4.83. The summed E-state index contributed by atoms with van der Waals surface area (Å²) < 4.78 is 6.05. The van der Waals surface area contributed by atoms with Crippen LogP contribution in [0.1, 0.15) is 40.0 Å². The molecule has 2 fully saturated rings. The molecule has 1 saturated carbocycles. The normalized spacial score (nSPS) is 35.9. The molecule has 0 bridgehead atoms. The Bertz CT molecular complexity index is 343. The minimum atomic E-state index is -0.357. The molecular formula is C18H38N2O3+2. The fourth-order valence-electron chi connectivity index (χ4n) is 4.59. The second-order valence-corrected chi connectivity index (χ2v) is 8.70. The summed E-state index contributed by atoms with van der Waals surface area (Å²) in [6.07, 6.45) is 3.47. The van der Waals surface area contributed by atoms with Gasteiger partial charge in [-0.3, -0.25) is 0 Å². The van der Waals surface area contributed by atoms with Crippen molar-refractivity contribution >= 4 is 0 Å². The van der Waals surface area contributed by atoms with Gasteiger partial charge in [-0.2, -0.15) is 0 Å². The van der Waals surface area contributed by atoms with E-state index in [1.807, 2.05) is 0 Å². The largest absolute Gasteiger partial charge is 0.391 e. The van der Waals surface area contributed by atoms with E-state index in [9.17, 15) is 5.11 Å². The summed E-state index contributed by atoms with van der Waals surface area (Å²) in [7, 11) is 0. The van der Waals surface area contributed by atoms with Crippen molar-refractivity contribution in [2.24, 2.45) is 11.3 Å². The molecule has 0 unspecified atom stereocenters. The molecule has 0 amide bonds. The van der Waals surface area contributed by atoms with Crippen LogP contribution < -0.4 is 9.80 Å². The van der Waals surface area contributed by atoms with Crippen LogP contribution in [0.15, 0.2) is 0 Å². The van der Waals surface area contributed by atoms with Gasteiger partial charge in [-0.15, -0.1) is 0 Å². The van der Waals surface area contributed by atoms with Crippen molar-refractivity contribution in [3.8, 4) is 0 Å². The van der Waals surface area contributed by atoms with Gasteiger partial charge < -0.3 is 24.7 Å². The predicted molar refractivity (Wildman–Crippen MR) is 90.8 cm³/mol. The summed E-state index contributed by atoms with van der Waals surface area (Å²) in [5.74, 6) is 0.717. The average molecular weight is 331 g/mol. The second-order valence-electron chi connectivity index (χ2n) is 8.70. The van der Waals surface area contributed by atoms with Crippen molar-refractivity contribution in [3.05, 3.63) is 0 Å². The van der Waals surface area contributed by atoms with Gasteiger partial charge in [-0.25, -0.2) is 0 Å². The summed E-state index contributed by atoms with van der Waals surface area (Å²) in [5.41, 5.74) is 0.365. The third kappa shape index (κ3) is 6.67. The number of piperazine rings is 1. The first kappa shape index (κ1) is 19.1. The highest BCUT2D eigenvalue weighted by Gasteiger charge is 2.33. The third-order valence-electron chi connectivity index (χ3n) is 5.52. The molecule has 1 aliphatic heterocycles. The van der Waals surface area contributed by atoms with E-state index >= 15 is 0 Å². The Morgan fingerprint density at radius 1 is 1.13 bits per heavy atom. The van der Waals surface area contributed by atoms with Crippen LogP contribution in [0.25, 0.3) is 0 Å². The maximum Gasteiger partial charge on any atom is 0.127 e. The number of quaternary nitrogens is 2. The van der Waals surface area contributed by atoms with Crippen molar-refractivity contribution in [1.29, 1.82) is 0 Å². The number of aliphatic hydroxyl groups excluding tert-OH is 2. The van der Waals surface area contributed by atoms with E-state index in [1.165, 1.54) is 16.2 Å². The highest BCUT2D eigenvalue weighted by atomic mass is 16.5. The molecule has 5 heteroatoms. The molecular weight excluding hydrogens is 292 g/mol. The number of ether oxygens (including phenoxy) is 1. The Balaban J connectivity index is 1.64. The van der Waals surface area contributed by atoms with Gasteiger partial charge >= 0.3 is 0 Å². The minimum Gasteiger partial charge on any atom is -0.391 e. The lowest BCUT2D eigenvalue weighted by atomic mass is 9.71. The van der Waals surface area contributed by atoms with Crippen molar-refractivity contribution in [2.75, 3.05) is 52.5 Å². The zero-order valence-corrected chi connectivity index (χ0v) is 15.3. The molecule has 0 aromatic rings. The first-order valence-electron chi connectivity index (χ1n) is 9.45. The SMILES string of the molecule is C[C@@H]1C[C@@H](OC[C@H](O)C[NH+]2CC[NH+](CCO)CC2)CC(C)(C)C1. The van der Waals surface area contributed by atoms with Crippen molar-refractivity contribution in [2.45, 2.75) is 52.2 Å². The minimum absolute atomic E-state index is 0.275. The van der Waals surface area contributed by atoms with E-state index in [0.29, 0.717) is 24.0 Å². The monoisotopic (exact) mass is 330 g/mol. The van der Waals surface area contributed by atoms with Crippen molar-refractivity contribution in [1.82, 2.24) is 0 Å². The lowest BCUT2D eigenvalue weighted by Crippen LogP contribution is -3.28. The first-order chi connectivity index (χ1) is 10.9. The number of hydrogen-bond donors (Lipinski definition) is 4. The van der Waals surface area contributed by atoms with Crippen LogP contribution >= 0.6 is 0 Å². The van der Waals surface area contributed by atoms with Crippen LogP contribution in [0.4, 0.5) is 0 Å². The molecule has 0 spiro atoms. The molecule has 3 atom stereocenters. The van der Waals surface area contributed by atoms with Crippen LogP contribution in [-0.4, -0.2) is 74.9 Å². The van der Waals surface area contributed by atoms with Gasteiger partial charge in [0.1, 0.15) is 45.4 Å². The van der Waals surface area contributed by atoms with E-state index in [1.54, 1.807) is 0 Å². The predicted octanol–water partition coefficient (Wildman–Crippen LogP) is -1.65. The Morgan fingerprint density at radius 3 is 2.39 bits per heavy atom. The fourth-order valence-corrected chi connectivity index (χ4v) is 4.59. The molecule has 1 heterocycles. The van der Waals surface area contributed by atoms with Gasteiger partial charge in [-0.05, 0) is 30.6 Å². The quantitative estimate of drug-likeness (QED) is 0.453. The summed E-state index contributed by atoms with van der Waals surface area (Å²) in [6.45, 7) is 13.7. The molecule has 4 N–H and O–H groups in total. The summed E-state index contributed by atoms with van der Waals surface area (Å²) in [4.78, 5) is 2.96. The molecule has 136 valence electrons. The zero-order valence-electron chi connectivity index (χ0n) is 15.3. The number of aliphatic hydroxyl groups is 2. The Morgan fingerprint density at radius 2 is 1.78 bits per heavy atom. The second kappa shape index (κ2) is 8.77. The van der Waals surface area contributed by atoms with Crippen LogP contribution in [0.5, 0.6) is 0 Å². The maximum absolute atomic E-state index is 10.3. The topological polar surface area (TPSA) is 58.6 Å². The molecule has 2 aliphatic rings. The average Bonchev–Trinajstić information content (AvgIpc) is 2.45. The maximum atomic E-state index is 10.3. The lowest BCUT2D eigenvalue weighted by Gasteiger charge is -2.39. The van der Waals surface area contributed by atoms with Crippen LogP contribution in [0.3, 0.4) is 0 Å². The zero-order chi connectivity index (χ0) is 16.9. The first-order valence-corrected chi connectivity index (χ1v) is 9.45. The molecule has 0 aromatic carbocycles. The number of nitrogens with one attached hydrogen (secondary N) is 2. The van der Waals surface area contributed by atoms with Gasteiger partial charge in [0.15, 0.2) is 0 Å². The summed E-state index contributed by atoms with van der Waals surface area (Å²) in [5, 5.41) is 19.3. The Hall–Kier alpha value is -0.200. The molecule has 1 aliphatic carbocycles. The lowest BCUT2D eigenvalue weighted by molar-refractivity contribution is -1.01. The molecule has 0 radical (unpaired) electrons. The standard InChI is InChI=1S/C18H36N2O3/c1-15-10-17(12-18(2,3)11-15)23-14-16(22)13-20-6-4-19(5-7-20)8-9-21/h15-17,21-22H,4-14H2,1-3H3/p+2/t15-,16-,17-/m1/s1. The smallest absolute Gasteiger partial charge is 0.127 e. The van der Waals surface area contributed by atoms with Gasteiger partial charge in [0.2, 0.25) is 0 Å². The number of hydrogen-bond acceptors (Lipinski definition) is 3. The van der Waals surface area contributed by atoms with Gasteiger partial charge in [0, 0.05) is 0 Å². The van der Waals surface area contributed by atoms with Gasteiger partial charge in [0.05, 0.1) is 19.3 Å². The van der Waals surface area contributed by atoms with Crippen molar-refractivity contribution < 1.29 is 24.7 Å². The molecule has 23 heavy (non-hydrogen) atoms. The van der Waals surface area contributed by atoms with E-state index in [-0.39, 0.29) is 12.7 Å². The fraction of sp³-hybridized carbons (Fsp3) is 1.00. The van der Waals surface area contributed by atoms with Crippen molar-refractivity contribution in [3.63, 3.8) is 0 Å². The Labute approximate surface area is 141 Å². The summed E-state index contributed by atoms with van der Waals surface area (Å²) in [6, 6.07) is 0. The van der Waals surface area contributed by atoms with Crippen LogP contribution in [0, 0.1) is 11.3 Å². The number of rotatable bonds is 7. The van der Waals surface area contributed by atoms with Crippen LogP contribution in [0.2, 0.25) is 0 Å². The molecule has 5 nitrogen and oxygen atoms in total. The van der Waals surface area contributed by atoms with E-state index in [4.69, 9.17) is 9.84 Å². The van der Waals surface area contributed by atoms with Gasteiger partial charge in [0.25, 0.3) is 0 Å². The molecule has 1 saturated heterocycles. The highest BCUT2D eigenvalue weighted by Crippen LogP contribution is 2.39. The molecule has 0 aromatic heterocycles. The van der Waals surface area contributed by atoms with E-state index in [0.717, 1.165) is 52.1 Å². The molecule has 2 rings (SSSR count). The van der Waals surface area contributed by atoms with E-state index < -0.39 is 0 Å². The third-order valence-corrected chi connectivity index (χ3v) is 5.52. The summed E-state index contributed by atoms with van der Waals surface area (Å²) >= 11 is 0.